The van der Waals surface area contributed by atoms with E-state index in [1.165, 1.54) is 31.4 Å². The molecule has 1 saturated carbocycles. The molecule has 0 radical (unpaired) electrons. The summed E-state index contributed by atoms with van der Waals surface area (Å²) in [6.45, 7) is 3.81. The van der Waals surface area contributed by atoms with Crippen LogP contribution in [0, 0.1) is 17.7 Å². The number of aliphatic hydroxyl groups excluding tert-OH is 1. The Labute approximate surface area is 108 Å². The summed E-state index contributed by atoms with van der Waals surface area (Å²) < 4.78 is 12.8. The van der Waals surface area contributed by atoms with E-state index < -0.39 is 6.10 Å². The minimum Gasteiger partial charge on any atom is -0.387 e. The van der Waals surface area contributed by atoms with Gasteiger partial charge in [-0.2, -0.15) is 0 Å². The molecule has 0 aromatic heterocycles. The standard InChI is InChI=1S/C15H22FNO/c1-11-3-2-4-13(11)9-17-10-15(18)12-5-7-14(16)8-6-12/h5-8,11,13,15,17-18H,2-4,9-10H2,1H3. The van der Waals surface area contributed by atoms with E-state index in [0.717, 1.165) is 23.9 Å². The third kappa shape index (κ3) is 3.53. The summed E-state index contributed by atoms with van der Waals surface area (Å²) in [5, 5.41) is 13.3. The lowest BCUT2D eigenvalue weighted by atomic mass is 9.98. The van der Waals surface area contributed by atoms with Gasteiger partial charge in [0.15, 0.2) is 0 Å². The second kappa shape index (κ2) is 6.30. The zero-order valence-electron chi connectivity index (χ0n) is 10.9. The van der Waals surface area contributed by atoms with Crippen LogP contribution in [0.5, 0.6) is 0 Å². The lowest BCUT2D eigenvalue weighted by molar-refractivity contribution is 0.171. The molecule has 1 aromatic rings. The highest BCUT2D eigenvalue weighted by Crippen LogP contribution is 2.30. The molecule has 3 atom stereocenters. The Morgan fingerprint density at radius 2 is 2.06 bits per heavy atom. The summed E-state index contributed by atoms with van der Waals surface area (Å²) in [7, 11) is 0. The van der Waals surface area contributed by atoms with Gasteiger partial charge < -0.3 is 10.4 Å². The van der Waals surface area contributed by atoms with E-state index in [-0.39, 0.29) is 5.82 Å². The Kier molecular flexibility index (Phi) is 4.72. The molecule has 3 unspecified atom stereocenters. The predicted octanol–water partition coefficient (Wildman–Crippen LogP) is 2.88. The van der Waals surface area contributed by atoms with Crippen molar-refractivity contribution in [3.63, 3.8) is 0 Å². The first-order chi connectivity index (χ1) is 8.66. The Balaban J connectivity index is 1.74. The van der Waals surface area contributed by atoms with Gasteiger partial charge in [-0.15, -0.1) is 0 Å². The normalized spacial score (nSPS) is 25.3. The molecule has 3 heteroatoms. The molecule has 0 spiro atoms. The molecule has 100 valence electrons. The second-order valence-corrected chi connectivity index (χ2v) is 5.39. The van der Waals surface area contributed by atoms with E-state index in [0.29, 0.717) is 6.54 Å². The molecule has 18 heavy (non-hydrogen) atoms. The number of halogens is 1. The van der Waals surface area contributed by atoms with Crippen LogP contribution in [0.3, 0.4) is 0 Å². The second-order valence-electron chi connectivity index (χ2n) is 5.39. The summed E-state index contributed by atoms with van der Waals surface area (Å²) in [5.41, 5.74) is 0.767. The van der Waals surface area contributed by atoms with Crippen molar-refractivity contribution in [1.82, 2.24) is 5.32 Å². The average molecular weight is 251 g/mol. The van der Waals surface area contributed by atoms with Crippen LogP contribution < -0.4 is 5.32 Å². The van der Waals surface area contributed by atoms with Gasteiger partial charge in [-0.05, 0) is 42.5 Å². The molecule has 0 saturated heterocycles. The Bertz CT molecular complexity index is 365. The molecule has 2 N–H and O–H groups in total. The molecule has 0 aliphatic heterocycles. The van der Waals surface area contributed by atoms with Crippen LogP contribution in [0.4, 0.5) is 4.39 Å². The van der Waals surface area contributed by atoms with Gasteiger partial charge in [-0.25, -0.2) is 4.39 Å². The van der Waals surface area contributed by atoms with Gasteiger partial charge in [-0.3, -0.25) is 0 Å². The van der Waals surface area contributed by atoms with E-state index in [9.17, 15) is 9.50 Å². The maximum absolute atomic E-state index is 12.8. The highest BCUT2D eigenvalue weighted by Gasteiger charge is 2.22. The molecular weight excluding hydrogens is 229 g/mol. The molecule has 2 nitrogen and oxygen atoms in total. The van der Waals surface area contributed by atoms with E-state index in [1.54, 1.807) is 12.1 Å². The molecule has 1 aromatic carbocycles. The Morgan fingerprint density at radius 1 is 1.33 bits per heavy atom. The molecular formula is C15H22FNO. The number of rotatable bonds is 5. The van der Waals surface area contributed by atoms with Crippen molar-refractivity contribution < 1.29 is 9.50 Å². The van der Waals surface area contributed by atoms with Gasteiger partial charge in [-0.1, -0.05) is 31.9 Å². The minimum absolute atomic E-state index is 0.265. The summed E-state index contributed by atoms with van der Waals surface area (Å²) in [6, 6.07) is 6.05. The van der Waals surface area contributed by atoms with Crippen LogP contribution in [-0.2, 0) is 0 Å². The summed E-state index contributed by atoms with van der Waals surface area (Å²) in [6.07, 6.45) is 3.39. The summed E-state index contributed by atoms with van der Waals surface area (Å²) in [5.74, 6) is 1.27. The molecule has 1 aliphatic carbocycles. The van der Waals surface area contributed by atoms with Gasteiger partial charge in [0.25, 0.3) is 0 Å². The number of hydrogen-bond donors (Lipinski definition) is 2. The fraction of sp³-hybridized carbons (Fsp3) is 0.600. The maximum Gasteiger partial charge on any atom is 0.123 e. The third-order valence-electron chi connectivity index (χ3n) is 4.04. The van der Waals surface area contributed by atoms with Gasteiger partial charge >= 0.3 is 0 Å². The van der Waals surface area contributed by atoms with Crippen molar-refractivity contribution in [3.8, 4) is 0 Å². The molecule has 2 rings (SSSR count). The Morgan fingerprint density at radius 3 is 2.67 bits per heavy atom. The maximum atomic E-state index is 12.8. The quantitative estimate of drug-likeness (QED) is 0.843. The van der Waals surface area contributed by atoms with E-state index in [1.807, 2.05) is 0 Å². The lowest BCUT2D eigenvalue weighted by Crippen LogP contribution is -2.28. The van der Waals surface area contributed by atoms with Crippen LogP contribution in [-0.4, -0.2) is 18.2 Å². The lowest BCUT2D eigenvalue weighted by Gasteiger charge is -2.18. The van der Waals surface area contributed by atoms with Crippen molar-refractivity contribution in [2.45, 2.75) is 32.3 Å². The smallest absolute Gasteiger partial charge is 0.123 e. The van der Waals surface area contributed by atoms with Crippen molar-refractivity contribution in [2.75, 3.05) is 13.1 Å². The van der Waals surface area contributed by atoms with E-state index in [4.69, 9.17) is 0 Å². The van der Waals surface area contributed by atoms with Crippen LogP contribution in [0.1, 0.15) is 37.9 Å². The number of aliphatic hydroxyl groups is 1. The van der Waals surface area contributed by atoms with Crippen LogP contribution in [0.2, 0.25) is 0 Å². The minimum atomic E-state index is -0.553. The fourth-order valence-electron chi connectivity index (χ4n) is 2.73. The first-order valence-electron chi connectivity index (χ1n) is 6.81. The number of hydrogen-bond acceptors (Lipinski definition) is 2. The largest absolute Gasteiger partial charge is 0.387 e. The van der Waals surface area contributed by atoms with Crippen LogP contribution >= 0.6 is 0 Å². The first-order valence-corrected chi connectivity index (χ1v) is 6.81. The van der Waals surface area contributed by atoms with E-state index in [2.05, 4.69) is 12.2 Å². The van der Waals surface area contributed by atoms with Crippen LogP contribution in [0.15, 0.2) is 24.3 Å². The summed E-state index contributed by atoms with van der Waals surface area (Å²) >= 11 is 0. The van der Waals surface area contributed by atoms with Crippen LogP contribution in [0.25, 0.3) is 0 Å². The number of benzene rings is 1. The van der Waals surface area contributed by atoms with Crippen molar-refractivity contribution in [2.24, 2.45) is 11.8 Å². The van der Waals surface area contributed by atoms with Gasteiger partial charge in [0.1, 0.15) is 5.82 Å². The SMILES string of the molecule is CC1CCCC1CNCC(O)c1ccc(F)cc1. The van der Waals surface area contributed by atoms with E-state index >= 15 is 0 Å². The van der Waals surface area contributed by atoms with Gasteiger partial charge in [0.05, 0.1) is 6.10 Å². The topological polar surface area (TPSA) is 32.3 Å². The average Bonchev–Trinajstić information content (AvgIpc) is 2.76. The third-order valence-corrected chi connectivity index (χ3v) is 4.04. The Hall–Kier alpha value is -0.930. The van der Waals surface area contributed by atoms with Crippen molar-refractivity contribution >= 4 is 0 Å². The van der Waals surface area contributed by atoms with Gasteiger partial charge in [0.2, 0.25) is 0 Å². The zero-order valence-corrected chi connectivity index (χ0v) is 10.9. The molecule has 0 amide bonds. The first kappa shape index (κ1) is 13.5. The van der Waals surface area contributed by atoms with Crippen molar-refractivity contribution in [1.29, 1.82) is 0 Å². The monoisotopic (exact) mass is 251 g/mol. The fourth-order valence-corrected chi connectivity index (χ4v) is 2.73. The summed E-state index contributed by atoms with van der Waals surface area (Å²) in [4.78, 5) is 0. The molecule has 1 fully saturated rings. The van der Waals surface area contributed by atoms with Crippen molar-refractivity contribution in [3.05, 3.63) is 35.6 Å². The highest BCUT2D eigenvalue weighted by atomic mass is 19.1. The highest BCUT2D eigenvalue weighted by molar-refractivity contribution is 5.18. The molecule has 0 heterocycles. The predicted molar refractivity (Wildman–Crippen MR) is 70.7 cm³/mol. The zero-order chi connectivity index (χ0) is 13.0. The van der Waals surface area contributed by atoms with Gasteiger partial charge in [0, 0.05) is 6.54 Å². The molecule has 0 bridgehead atoms. The molecule has 1 aliphatic rings. The number of nitrogens with one attached hydrogen (secondary N) is 1.